The van der Waals surface area contributed by atoms with Gasteiger partial charge in [0.15, 0.2) is 0 Å². The van der Waals surface area contributed by atoms with Crippen molar-refractivity contribution in [2.75, 3.05) is 5.32 Å². The Morgan fingerprint density at radius 3 is 2.79 bits per heavy atom. The zero-order valence-electron chi connectivity index (χ0n) is 10.4. The van der Waals surface area contributed by atoms with Gasteiger partial charge in [-0.25, -0.2) is 9.78 Å². The predicted octanol–water partition coefficient (Wildman–Crippen LogP) is 1.69. The highest BCUT2D eigenvalue weighted by molar-refractivity contribution is 7.18. The first-order chi connectivity index (χ1) is 9.01. The van der Waals surface area contributed by atoms with Gasteiger partial charge >= 0.3 is 5.97 Å². The lowest BCUT2D eigenvalue weighted by Crippen LogP contribution is -2.12. The summed E-state index contributed by atoms with van der Waals surface area (Å²) >= 11 is 1.01. The van der Waals surface area contributed by atoms with Gasteiger partial charge in [0.25, 0.3) is 5.91 Å². The Bertz CT molecular complexity index is 632. The molecule has 0 unspecified atom stereocenters. The van der Waals surface area contributed by atoms with Crippen LogP contribution in [0.1, 0.15) is 38.6 Å². The summed E-state index contributed by atoms with van der Waals surface area (Å²) in [6.45, 7) is 3.57. The van der Waals surface area contributed by atoms with E-state index in [9.17, 15) is 9.59 Å². The largest absolute Gasteiger partial charge is 0.477 e. The highest BCUT2D eigenvalue weighted by Crippen LogP contribution is 2.26. The first kappa shape index (κ1) is 13.2. The molecule has 2 heterocycles. The number of aromatic nitrogens is 3. The molecule has 0 aliphatic carbocycles. The lowest BCUT2D eigenvalue weighted by Gasteiger charge is -1.96. The van der Waals surface area contributed by atoms with Crippen molar-refractivity contribution in [3.63, 3.8) is 0 Å². The molecule has 19 heavy (non-hydrogen) atoms. The van der Waals surface area contributed by atoms with Crippen molar-refractivity contribution in [2.45, 2.75) is 20.3 Å². The SMILES string of the molecule is CCc1nc(C(=O)Nc2cc(C)c(C(=O)O)s2)n[nH]1. The molecule has 3 N–H and O–H groups in total. The third-order valence-electron chi connectivity index (χ3n) is 2.42. The maximum Gasteiger partial charge on any atom is 0.346 e. The molecular weight excluding hydrogens is 268 g/mol. The number of nitrogens with one attached hydrogen (secondary N) is 2. The maximum absolute atomic E-state index is 11.8. The lowest BCUT2D eigenvalue weighted by atomic mass is 10.3. The fourth-order valence-electron chi connectivity index (χ4n) is 1.48. The standard InChI is InChI=1S/C11H12N4O3S/c1-3-6-12-9(15-14-6)10(16)13-7-4-5(2)8(19-7)11(17)18/h4H,3H2,1-2H3,(H,13,16)(H,17,18)(H,12,14,15). The van der Waals surface area contributed by atoms with Crippen molar-refractivity contribution in [2.24, 2.45) is 0 Å². The van der Waals surface area contributed by atoms with Gasteiger partial charge in [0.05, 0.1) is 5.00 Å². The van der Waals surface area contributed by atoms with Gasteiger partial charge in [0, 0.05) is 6.42 Å². The Morgan fingerprint density at radius 2 is 2.26 bits per heavy atom. The topological polar surface area (TPSA) is 108 Å². The summed E-state index contributed by atoms with van der Waals surface area (Å²) in [7, 11) is 0. The van der Waals surface area contributed by atoms with Gasteiger partial charge in [-0.2, -0.15) is 0 Å². The van der Waals surface area contributed by atoms with Gasteiger partial charge < -0.3 is 10.4 Å². The second-order valence-corrected chi connectivity index (χ2v) is 4.89. The summed E-state index contributed by atoms with van der Waals surface area (Å²) in [6.07, 6.45) is 0.654. The van der Waals surface area contributed by atoms with Gasteiger partial charge in [-0.3, -0.25) is 9.89 Å². The van der Waals surface area contributed by atoms with Crippen LogP contribution in [0.5, 0.6) is 0 Å². The van der Waals surface area contributed by atoms with Crippen LogP contribution in [-0.2, 0) is 6.42 Å². The summed E-state index contributed by atoms with van der Waals surface area (Å²) in [5, 5.41) is 18.4. The number of carbonyl (C=O) groups is 2. The van der Waals surface area contributed by atoms with Crippen LogP contribution < -0.4 is 5.32 Å². The fraction of sp³-hybridized carbons (Fsp3) is 0.273. The van der Waals surface area contributed by atoms with Crippen LogP contribution in [0.2, 0.25) is 0 Å². The molecule has 0 aromatic carbocycles. The number of rotatable bonds is 4. The highest BCUT2D eigenvalue weighted by atomic mass is 32.1. The van der Waals surface area contributed by atoms with Crippen molar-refractivity contribution in [3.8, 4) is 0 Å². The van der Waals surface area contributed by atoms with Crippen LogP contribution in [0.3, 0.4) is 0 Å². The third-order valence-corrected chi connectivity index (χ3v) is 3.56. The number of thiophene rings is 1. The van der Waals surface area contributed by atoms with E-state index in [1.54, 1.807) is 13.0 Å². The third kappa shape index (κ3) is 2.79. The molecule has 2 aromatic rings. The molecule has 7 nitrogen and oxygen atoms in total. The zero-order valence-corrected chi connectivity index (χ0v) is 11.2. The van der Waals surface area contributed by atoms with Crippen LogP contribution in [0.15, 0.2) is 6.07 Å². The smallest absolute Gasteiger partial charge is 0.346 e. The minimum atomic E-state index is -1.01. The molecule has 8 heteroatoms. The molecule has 0 spiro atoms. The number of aromatic amines is 1. The molecule has 100 valence electrons. The number of anilines is 1. The number of aromatic carboxylic acids is 1. The summed E-state index contributed by atoms with van der Waals surface area (Å²) in [5.74, 6) is -0.804. The Labute approximate surface area is 112 Å². The molecule has 2 rings (SSSR count). The number of carbonyl (C=O) groups excluding carboxylic acids is 1. The summed E-state index contributed by atoms with van der Waals surface area (Å²) < 4.78 is 0. The van der Waals surface area contributed by atoms with Gasteiger partial charge in [-0.1, -0.05) is 6.92 Å². The van der Waals surface area contributed by atoms with E-state index in [1.807, 2.05) is 6.92 Å². The van der Waals surface area contributed by atoms with Crippen LogP contribution in [0, 0.1) is 6.92 Å². The van der Waals surface area contributed by atoms with E-state index in [-0.39, 0.29) is 10.7 Å². The molecule has 1 amide bonds. The number of nitrogens with zero attached hydrogens (tertiary/aromatic N) is 2. The predicted molar refractivity (Wildman–Crippen MR) is 69.7 cm³/mol. The van der Waals surface area contributed by atoms with Crippen molar-refractivity contribution in [1.82, 2.24) is 15.2 Å². The van der Waals surface area contributed by atoms with E-state index >= 15 is 0 Å². The normalized spacial score (nSPS) is 10.4. The zero-order chi connectivity index (χ0) is 14.0. The molecule has 2 aromatic heterocycles. The quantitative estimate of drug-likeness (QED) is 0.789. The Kier molecular flexibility index (Phi) is 3.61. The van der Waals surface area contributed by atoms with Crippen molar-refractivity contribution in [1.29, 1.82) is 0 Å². The van der Waals surface area contributed by atoms with E-state index in [4.69, 9.17) is 5.11 Å². The van der Waals surface area contributed by atoms with Gasteiger partial charge in [-0.05, 0) is 18.6 Å². The van der Waals surface area contributed by atoms with Crippen LogP contribution in [0.4, 0.5) is 5.00 Å². The van der Waals surface area contributed by atoms with Crippen LogP contribution >= 0.6 is 11.3 Å². The fourth-order valence-corrected chi connectivity index (χ4v) is 2.39. The summed E-state index contributed by atoms with van der Waals surface area (Å²) in [5.41, 5.74) is 0.608. The first-order valence-corrected chi connectivity index (χ1v) is 6.39. The van der Waals surface area contributed by atoms with Gasteiger partial charge in [0.2, 0.25) is 5.82 Å². The average Bonchev–Trinajstić information content (AvgIpc) is 2.95. The molecular formula is C11H12N4O3S. The molecule has 0 radical (unpaired) electrons. The number of H-pyrrole nitrogens is 1. The van der Waals surface area contributed by atoms with Gasteiger partial charge in [0.1, 0.15) is 10.7 Å². The number of hydrogen-bond donors (Lipinski definition) is 3. The summed E-state index contributed by atoms with van der Waals surface area (Å²) in [6, 6.07) is 1.61. The molecule has 0 saturated heterocycles. The number of aryl methyl sites for hydroxylation is 2. The average molecular weight is 280 g/mol. The Hall–Kier alpha value is -2.22. The van der Waals surface area contributed by atoms with E-state index < -0.39 is 11.9 Å². The lowest BCUT2D eigenvalue weighted by molar-refractivity contribution is 0.0701. The second kappa shape index (κ2) is 5.19. The monoisotopic (exact) mass is 280 g/mol. The Morgan fingerprint density at radius 1 is 1.53 bits per heavy atom. The van der Waals surface area contributed by atoms with Crippen molar-refractivity contribution >= 4 is 28.2 Å². The number of amides is 1. The molecule has 0 saturated carbocycles. The summed E-state index contributed by atoms with van der Waals surface area (Å²) in [4.78, 5) is 26.9. The number of carboxylic acid groups (broad SMARTS) is 1. The van der Waals surface area contributed by atoms with E-state index in [0.29, 0.717) is 22.8 Å². The maximum atomic E-state index is 11.8. The molecule has 0 atom stereocenters. The van der Waals surface area contributed by atoms with E-state index in [1.165, 1.54) is 0 Å². The number of carboxylic acids is 1. The van der Waals surface area contributed by atoms with E-state index in [2.05, 4.69) is 20.5 Å². The van der Waals surface area contributed by atoms with Crippen molar-refractivity contribution < 1.29 is 14.7 Å². The van der Waals surface area contributed by atoms with Gasteiger partial charge in [-0.15, -0.1) is 16.4 Å². The second-order valence-electron chi connectivity index (χ2n) is 3.84. The van der Waals surface area contributed by atoms with Crippen LogP contribution in [0.25, 0.3) is 0 Å². The van der Waals surface area contributed by atoms with Crippen LogP contribution in [-0.4, -0.2) is 32.2 Å². The highest BCUT2D eigenvalue weighted by Gasteiger charge is 2.16. The van der Waals surface area contributed by atoms with E-state index in [0.717, 1.165) is 11.3 Å². The molecule has 0 aliphatic heterocycles. The van der Waals surface area contributed by atoms with Crippen molar-refractivity contribution in [3.05, 3.63) is 28.2 Å². The molecule has 0 bridgehead atoms. The molecule has 0 aliphatic rings. The number of hydrogen-bond acceptors (Lipinski definition) is 5. The Balaban J connectivity index is 2.14. The minimum Gasteiger partial charge on any atom is -0.477 e. The molecule has 0 fully saturated rings. The minimum absolute atomic E-state index is 0.0415. The first-order valence-electron chi connectivity index (χ1n) is 5.57.